The Balaban J connectivity index is 2.22. The Bertz CT molecular complexity index is 578. The number of carbonyl (C=O) groups excluding carboxylic acids is 1. The molecule has 3 nitrogen and oxygen atoms in total. The molecule has 112 valence electrons. The Kier molecular flexibility index (Phi) is 5.06. The van der Waals surface area contributed by atoms with Crippen LogP contribution in [0.2, 0.25) is 0 Å². The number of hydrogen-bond acceptors (Lipinski definition) is 4. The minimum absolute atomic E-state index is 0.0241. The quantitative estimate of drug-likeness (QED) is 0.623. The maximum Gasteiger partial charge on any atom is 0.266 e. The molecule has 1 heterocycles. The molecule has 1 aromatic carbocycles. The third-order valence-electron chi connectivity index (χ3n) is 3.56. The Morgan fingerprint density at radius 2 is 1.95 bits per heavy atom. The lowest BCUT2D eigenvalue weighted by molar-refractivity contribution is -0.123. The molecule has 0 bridgehead atoms. The monoisotopic (exact) mass is 320 g/mol. The molecule has 0 aliphatic carbocycles. The van der Waals surface area contributed by atoms with Crippen molar-refractivity contribution in [1.82, 2.24) is 4.90 Å². The largest absolute Gasteiger partial charge is 0.378 e. The Labute approximate surface area is 136 Å². The maximum absolute atomic E-state index is 12.4. The van der Waals surface area contributed by atoms with Gasteiger partial charge in [0.15, 0.2) is 0 Å². The van der Waals surface area contributed by atoms with Crippen LogP contribution in [0, 0.1) is 0 Å². The van der Waals surface area contributed by atoms with E-state index in [0.717, 1.165) is 17.7 Å². The highest BCUT2D eigenvalue weighted by atomic mass is 32.2. The van der Waals surface area contributed by atoms with Crippen LogP contribution in [0.25, 0.3) is 6.08 Å². The second kappa shape index (κ2) is 6.62. The molecule has 1 atom stereocenters. The van der Waals surface area contributed by atoms with Crippen LogP contribution in [0.5, 0.6) is 0 Å². The molecule has 0 aromatic heterocycles. The number of hydrogen-bond donors (Lipinski definition) is 0. The maximum atomic E-state index is 12.4. The van der Waals surface area contributed by atoms with E-state index >= 15 is 0 Å². The van der Waals surface area contributed by atoms with Gasteiger partial charge in [0.1, 0.15) is 4.32 Å². The zero-order valence-electron chi connectivity index (χ0n) is 12.8. The van der Waals surface area contributed by atoms with Crippen LogP contribution < -0.4 is 4.90 Å². The highest BCUT2D eigenvalue weighted by Crippen LogP contribution is 2.34. The van der Waals surface area contributed by atoms with E-state index in [0.29, 0.717) is 9.23 Å². The van der Waals surface area contributed by atoms with Crippen molar-refractivity contribution in [2.45, 2.75) is 26.3 Å². The first-order chi connectivity index (χ1) is 9.93. The number of thiocarbonyl (C=S) groups is 1. The fraction of sp³-hybridized carbons (Fsp3) is 0.375. The summed E-state index contributed by atoms with van der Waals surface area (Å²) in [6, 6.07) is 8.28. The topological polar surface area (TPSA) is 23.6 Å². The molecule has 1 aliphatic heterocycles. The predicted octanol–water partition coefficient (Wildman–Crippen LogP) is 3.75. The highest BCUT2D eigenvalue weighted by Gasteiger charge is 2.34. The lowest BCUT2D eigenvalue weighted by Gasteiger charge is -2.21. The van der Waals surface area contributed by atoms with E-state index in [1.165, 1.54) is 11.8 Å². The third-order valence-corrected chi connectivity index (χ3v) is 4.89. The predicted molar refractivity (Wildman–Crippen MR) is 95.5 cm³/mol. The molecule has 21 heavy (non-hydrogen) atoms. The van der Waals surface area contributed by atoms with Crippen LogP contribution in [0.15, 0.2) is 29.2 Å². The molecular weight excluding hydrogens is 300 g/mol. The zero-order chi connectivity index (χ0) is 15.6. The summed E-state index contributed by atoms with van der Waals surface area (Å²) in [4.78, 5) is 16.9. The summed E-state index contributed by atoms with van der Waals surface area (Å²) in [5.41, 5.74) is 2.16. The van der Waals surface area contributed by atoms with Gasteiger partial charge < -0.3 is 4.90 Å². The van der Waals surface area contributed by atoms with Crippen LogP contribution in [-0.4, -0.2) is 35.3 Å². The normalized spacial score (nSPS) is 18.5. The van der Waals surface area contributed by atoms with Crippen molar-refractivity contribution >= 4 is 46.0 Å². The Morgan fingerprint density at radius 1 is 1.33 bits per heavy atom. The molecule has 1 aliphatic rings. The van der Waals surface area contributed by atoms with Crippen molar-refractivity contribution in [2.24, 2.45) is 0 Å². The van der Waals surface area contributed by atoms with Gasteiger partial charge in [-0.15, -0.1) is 0 Å². The fourth-order valence-electron chi connectivity index (χ4n) is 2.06. The van der Waals surface area contributed by atoms with Crippen LogP contribution in [0.1, 0.15) is 25.8 Å². The van der Waals surface area contributed by atoms with Gasteiger partial charge >= 0.3 is 0 Å². The Hall–Kier alpha value is -1.33. The van der Waals surface area contributed by atoms with Gasteiger partial charge in [0, 0.05) is 25.8 Å². The van der Waals surface area contributed by atoms with Gasteiger partial charge in [0.25, 0.3) is 5.91 Å². The van der Waals surface area contributed by atoms with Crippen molar-refractivity contribution in [2.75, 3.05) is 19.0 Å². The van der Waals surface area contributed by atoms with Gasteiger partial charge in [-0.05, 0) is 37.1 Å². The van der Waals surface area contributed by atoms with E-state index in [1.807, 2.05) is 56.3 Å². The molecule has 1 aromatic rings. The van der Waals surface area contributed by atoms with E-state index < -0.39 is 0 Å². The fourth-order valence-corrected chi connectivity index (χ4v) is 3.52. The van der Waals surface area contributed by atoms with Gasteiger partial charge in [-0.25, -0.2) is 0 Å². The van der Waals surface area contributed by atoms with E-state index in [4.69, 9.17) is 12.2 Å². The van der Waals surface area contributed by atoms with E-state index in [1.54, 1.807) is 4.90 Å². The molecule has 1 saturated heterocycles. The van der Waals surface area contributed by atoms with E-state index in [9.17, 15) is 4.79 Å². The van der Waals surface area contributed by atoms with Crippen LogP contribution in [0.4, 0.5) is 5.69 Å². The van der Waals surface area contributed by atoms with E-state index in [2.05, 4.69) is 6.92 Å². The van der Waals surface area contributed by atoms with Crippen molar-refractivity contribution in [3.63, 3.8) is 0 Å². The lowest BCUT2D eigenvalue weighted by Crippen LogP contribution is -2.36. The second-order valence-corrected chi connectivity index (χ2v) is 6.97. The average molecular weight is 320 g/mol. The molecule has 1 amide bonds. The molecule has 1 fully saturated rings. The van der Waals surface area contributed by atoms with Crippen LogP contribution >= 0.6 is 24.0 Å². The van der Waals surface area contributed by atoms with Crippen molar-refractivity contribution in [3.8, 4) is 0 Å². The summed E-state index contributed by atoms with van der Waals surface area (Å²) in [5.74, 6) is 0.0241. The summed E-state index contributed by atoms with van der Waals surface area (Å²) in [6.07, 6.45) is 2.82. The standard InChI is InChI=1S/C16H20N2OS2/c1-5-11(2)18-15(19)14(21-16(18)20)10-12-6-8-13(9-7-12)17(3)4/h6-11H,5H2,1-4H3/b14-10-/t11-/m0/s1. The Morgan fingerprint density at radius 3 is 2.48 bits per heavy atom. The first kappa shape index (κ1) is 16.0. The van der Waals surface area contributed by atoms with E-state index in [-0.39, 0.29) is 11.9 Å². The van der Waals surface area contributed by atoms with Crippen molar-refractivity contribution in [3.05, 3.63) is 34.7 Å². The van der Waals surface area contributed by atoms with Gasteiger partial charge in [-0.2, -0.15) is 0 Å². The highest BCUT2D eigenvalue weighted by molar-refractivity contribution is 8.26. The molecule has 2 rings (SSSR count). The molecule has 0 saturated carbocycles. The third kappa shape index (κ3) is 3.47. The number of benzene rings is 1. The number of rotatable bonds is 4. The van der Waals surface area contributed by atoms with Crippen LogP contribution in [-0.2, 0) is 4.79 Å². The van der Waals surface area contributed by atoms with Gasteiger partial charge in [-0.1, -0.05) is 43.0 Å². The summed E-state index contributed by atoms with van der Waals surface area (Å²) in [6.45, 7) is 4.09. The zero-order valence-corrected chi connectivity index (χ0v) is 14.4. The van der Waals surface area contributed by atoms with Gasteiger partial charge in [0.2, 0.25) is 0 Å². The second-order valence-electron chi connectivity index (χ2n) is 5.29. The minimum Gasteiger partial charge on any atom is -0.378 e. The molecular formula is C16H20N2OS2. The summed E-state index contributed by atoms with van der Waals surface area (Å²) in [7, 11) is 4.01. The van der Waals surface area contributed by atoms with Crippen molar-refractivity contribution < 1.29 is 4.79 Å². The number of carbonyl (C=O) groups is 1. The van der Waals surface area contributed by atoms with Gasteiger partial charge in [0.05, 0.1) is 4.91 Å². The first-order valence-corrected chi connectivity index (χ1v) is 8.21. The molecule has 0 N–H and O–H groups in total. The van der Waals surface area contributed by atoms with Gasteiger partial charge in [-0.3, -0.25) is 9.69 Å². The van der Waals surface area contributed by atoms with Crippen molar-refractivity contribution in [1.29, 1.82) is 0 Å². The lowest BCUT2D eigenvalue weighted by atomic mass is 10.1. The smallest absolute Gasteiger partial charge is 0.266 e. The minimum atomic E-state index is 0.0241. The number of amides is 1. The first-order valence-electron chi connectivity index (χ1n) is 6.98. The molecule has 5 heteroatoms. The summed E-state index contributed by atoms with van der Waals surface area (Å²) >= 11 is 6.72. The average Bonchev–Trinajstić information content (AvgIpc) is 2.73. The number of anilines is 1. The number of thioether (sulfide) groups is 1. The molecule has 0 unspecified atom stereocenters. The van der Waals surface area contributed by atoms with Crippen LogP contribution in [0.3, 0.4) is 0 Å². The summed E-state index contributed by atoms with van der Waals surface area (Å²) in [5, 5.41) is 0. The molecule has 0 spiro atoms. The SMILES string of the molecule is CC[C@H](C)N1C(=O)/C(=C/c2ccc(N(C)C)cc2)SC1=S. The molecule has 0 radical (unpaired) electrons. The number of nitrogens with zero attached hydrogens (tertiary/aromatic N) is 2. The summed E-state index contributed by atoms with van der Waals surface area (Å²) < 4.78 is 0.658.